The standard InChI is InChI=1S/C5H8N3/c6-2-1-5-3-7-4-8-5/h2-4H,1,6H2,(H,7,8). The van der Waals surface area contributed by atoms with Gasteiger partial charge in [0.15, 0.2) is 0 Å². The van der Waals surface area contributed by atoms with Gasteiger partial charge in [-0.1, -0.05) is 0 Å². The molecule has 1 rings (SSSR count). The molecule has 3 nitrogen and oxygen atoms in total. The van der Waals surface area contributed by atoms with Gasteiger partial charge in [-0.15, -0.1) is 0 Å². The van der Waals surface area contributed by atoms with Crippen molar-refractivity contribution in [3.05, 3.63) is 24.8 Å². The molecule has 0 aromatic carbocycles. The molecule has 8 heavy (non-hydrogen) atoms. The molecule has 0 saturated carbocycles. The van der Waals surface area contributed by atoms with Gasteiger partial charge in [-0.2, -0.15) is 0 Å². The van der Waals surface area contributed by atoms with E-state index in [1.807, 2.05) is 0 Å². The van der Waals surface area contributed by atoms with Crippen molar-refractivity contribution in [1.29, 1.82) is 0 Å². The van der Waals surface area contributed by atoms with E-state index in [1.54, 1.807) is 19.1 Å². The van der Waals surface area contributed by atoms with Crippen LogP contribution in [-0.4, -0.2) is 9.97 Å². The van der Waals surface area contributed by atoms with Gasteiger partial charge in [-0.05, 0) is 0 Å². The maximum Gasteiger partial charge on any atom is 0.0921 e. The minimum absolute atomic E-state index is 0.764. The van der Waals surface area contributed by atoms with Crippen molar-refractivity contribution in [3.8, 4) is 0 Å². The molecule has 0 spiro atoms. The first kappa shape index (κ1) is 5.31. The minimum atomic E-state index is 0.764. The van der Waals surface area contributed by atoms with Crippen LogP contribution in [0.4, 0.5) is 0 Å². The highest BCUT2D eigenvalue weighted by molar-refractivity contribution is 4.96. The Kier molecular flexibility index (Phi) is 1.64. The molecule has 0 amide bonds. The molecule has 1 aromatic rings. The van der Waals surface area contributed by atoms with E-state index in [4.69, 9.17) is 5.73 Å². The van der Waals surface area contributed by atoms with Crippen LogP contribution in [0.1, 0.15) is 5.69 Å². The lowest BCUT2D eigenvalue weighted by Crippen LogP contribution is -1.94. The van der Waals surface area contributed by atoms with E-state index in [9.17, 15) is 0 Å². The summed E-state index contributed by atoms with van der Waals surface area (Å²) in [5.74, 6) is 0. The number of rotatable bonds is 2. The second-order valence-electron chi connectivity index (χ2n) is 1.52. The molecule has 0 aliphatic carbocycles. The van der Waals surface area contributed by atoms with Crippen molar-refractivity contribution in [2.24, 2.45) is 5.73 Å². The van der Waals surface area contributed by atoms with Crippen molar-refractivity contribution < 1.29 is 0 Å². The molecular weight excluding hydrogens is 102 g/mol. The van der Waals surface area contributed by atoms with Crippen LogP contribution in [0.2, 0.25) is 0 Å². The van der Waals surface area contributed by atoms with Crippen LogP contribution in [0.15, 0.2) is 12.5 Å². The largest absolute Gasteiger partial charge is 0.348 e. The van der Waals surface area contributed by atoms with Crippen molar-refractivity contribution >= 4 is 0 Å². The molecule has 3 N–H and O–H groups in total. The van der Waals surface area contributed by atoms with Gasteiger partial charge in [-0.3, -0.25) is 0 Å². The molecule has 3 heteroatoms. The fourth-order valence-corrected chi connectivity index (χ4v) is 0.523. The Morgan fingerprint density at radius 2 is 2.75 bits per heavy atom. The zero-order valence-corrected chi connectivity index (χ0v) is 4.46. The Balaban J connectivity index is 2.50. The fourth-order valence-electron chi connectivity index (χ4n) is 0.523. The van der Waals surface area contributed by atoms with Crippen LogP contribution in [-0.2, 0) is 6.42 Å². The molecule has 0 aliphatic rings. The first-order valence-corrected chi connectivity index (χ1v) is 2.44. The Morgan fingerprint density at radius 3 is 3.25 bits per heavy atom. The fraction of sp³-hybridized carbons (Fsp3) is 0.200. The van der Waals surface area contributed by atoms with E-state index in [0.717, 1.165) is 12.1 Å². The number of imidazole rings is 1. The van der Waals surface area contributed by atoms with Crippen LogP contribution < -0.4 is 5.73 Å². The van der Waals surface area contributed by atoms with Gasteiger partial charge in [-0.25, -0.2) is 4.98 Å². The van der Waals surface area contributed by atoms with Crippen LogP contribution in [0, 0.1) is 6.54 Å². The van der Waals surface area contributed by atoms with E-state index in [-0.39, 0.29) is 0 Å². The highest BCUT2D eigenvalue weighted by atomic mass is 14.9. The van der Waals surface area contributed by atoms with E-state index in [0.29, 0.717) is 0 Å². The van der Waals surface area contributed by atoms with Crippen LogP contribution in [0.5, 0.6) is 0 Å². The summed E-state index contributed by atoms with van der Waals surface area (Å²) < 4.78 is 0. The molecule has 0 bridgehead atoms. The topological polar surface area (TPSA) is 54.7 Å². The normalized spacial score (nSPS) is 9.62. The van der Waals surface area contributed by atoms with Crippen LogP contribution >= 0.6 is 0 Å². The average Bonchev–Trinajstić information content (AvgIpc) is 2.19. The Bertz CT molecular complexity index is 133. The molecular formula is C5H8N3. The molecule has 1 aromatic heterocycles. The number of aromatic nitrogens is 2. The molecule has 0 atom stereocenters. The molecule has 1 heterocycles. The van der Waals surface area contributed by atoms with Gasteiger partial charge in [0.25, 0.3) is 0 Å². The summed E-state index contributed by atoms with van der Waals surface area (Å²) in [7, 11) is 0. The van der Waals surface area contributed by atoms with Crippen molar-refractivity contribution in [1.82, 2.24) is 9.97 Å². The van der Waals surface area contributed by atoms with Gasteiger partial charge in [0.2, 0.25) is 0 Å². The molecule has 0 aliphatic heterocycles. The van der Waals surface area contributed by atoms with E-state index >= 15 is 0 Å². The highest BCUT2D eigenvalue weighted by Gasteiger charge is 1.87. The summed E-state index contributed by atoms with van der Waals surface area (Å²) in [6.45, 7) is 1.59. The smallest absolute Gasteiger partial charge is 0.0921 e. The number of nitrogens with one attached hydrogen (secondary N) is 1. The predicted molar refractivity (Wildman–Crippen MR) is 30.8 cm³/mol. The second-order valence-corrected chi connectivity index (χ2v) is 1.52. The monoisotopic (exact) mass is 110 g/mol. The summed E-state index contributed by atoms with van der Waals surface area (Å²) in [4.78, 5) is 6.73. The molecule has 0 fully saturated rings. The third-order valence-electron chi connectivity index (χ3n) is 0.893. The van der Waals surface area contributed by atoms with Gasteiger partial charge < -0.3 is 10.7 Å². The quantitative estimate of drug-likeness (QED) is 0.566. The average molecular weight is 110 g/mol. The number of hydrogen-bond donors (Lipinski definition) is 2. The lowest BCUT2D eigenvalue weighted by Gasteiger charge is -1.86. The van der Waals surface area contributed by atoms with Gasteiger partial charge in [0.05, 0.1) is 6.33 Å². The minimum Gasteiger partial charge on any atom is -0.348 e. The second kappa shape index (κ2) is 2.47. The summed E-state index contributed by atoms with van der Waals surface area (Å²) in [6.07, 6.45) is 4.15. The Hall–Kier alpha value is -0.830. The lowest BCUT2D eigenvalue weighted by molar-refractivity contribution is 1.05. The maximum atomic E-state index is 5.15. The van der Waals surface area contributed by atoms with Crippen molar-refractivity contribution in [2.75, 3.05) is 0 Å². The van der Waals surface area contributed by atoms with Gasteiger partial charge in [0.1, 0.15) is 0 Å². The number of aromatic amines is 1. The Morgan fingerprint density at radius 1 is 1.88 bits per heavy atom. The van der Waals surface area contributed by atoms with E-state index in [2.05, 4.69) is 9.97 Å². The summed E-state index contributed by atoms with van der Waals surface area (Å²) >= 11 is 0. The van der Waals surface area contributed by atoms with E-state index in [1.165, 1.54) is 0 Å². The molecule has 1 radical (unpaired) electrons. The van der Waals surface area contributed by atoms with Crippen molar-refractivity contribution in [3.63, 3.8) is 0 Å². The van der Waals surface area contributed by atoms with E-state index < -0.39 is 0 Å². The highest BCUT2D eigenvalue weighted by Crippen LogP contribution is 1.90. The number of nitrogens with zero attached hydrogens (tertiary/aromatic N) is 1. The Labute approximate surface area is 47.9 Å². The third-order valence-corrected chi connectivity index (χ3v) is 0.893. The van der Waals surface area contributed by atoms with Crippen molar-refractivity contribution in [2.45, 2.75) is 6.42 Å². The first-order valence-electron chi connectivity index (χ1n) is 2.44. The SMILES string of the molecule is N[CH]Cc1cnc[nH]1. The maximum absolute atomic E-state index is 5.15. The molecule has 0 unspecified atom stereocenters. The number of hydrogen-bond acceptors (Lipinski definition) is 2. The zero-order chi connectivity index (χ0) is 5.82. The first-order chi connectivity index (χ1) is 3.93. The van der Waals surface area contributed by atoms with Crippen LogP contribution in [0.3, 0.4) is 0 Å². The number of nitrogens with two attached hydrogens (primary N) is 1. The zero-order valence-electron chi connectivity index (χ0n) is 4.46. The summed E-state index contributed by atoms with van der Waals surface area (Å²) in [5.41, 5.74) is 6.20. The van der Waals surface area contributed by atoms with Gasteiger partial charge in [0, 0.05) is 24.9 Å². The predicted octanol–water partition coefficient (Wildman–Crippen LogP) is 0.0727. The summed E-state index contributed by atoms with van der Waals surface area (Å²) in [5, 5.41) is 0. The summed E-state index contributed by atoms with van der Waals surface area (Å²) in [6, 6.07) is 0. The number of H-pyrrole nitrogens is 1. The third kappa shape index (κ3) is 1.07. The van der Waals surface area contributed by atoms with Crippen LogP contribution in [0.25, 0.3) is 0 Å². The molecule has 0 saturated heterocycles. The molecule has 43 valence electrons. The van der Waals surface area contributed by atoms with Gasteiger partial charge >= 0.3 is 0 Å². The lowest BCUT2D eigenvalue weighted by atomic mass is 10.3.